The molecular formula is C10H15N3O. The third kappa shape index (κ3) is 1.73. The van der Waals surface area contributed by atoms with E-state index < -0.39 is 0 Å². The summed E-state index contributed by atoms with van der Waals surface area (Å²) in [7, 11) is 3.91. The van der Waals surface area contributed by atoms with E-state index in [-0.39, 0.29) is 0 Å². The predicted molar refractivity (Wildman–Crippen MR) is 56.6 cm³/mol. The highest BCUT2D eigenvalue weighted by Gasteiger charge is 2.26. The summed E-state index contributed by atoms with van der Waals surface area (Å²) in [5, 5.41) is 0. The number of nitrogens with two attached hydrogens (primary N) is 1. The molecule has 0 bridgehead atoms. The van der Waals surface area contributed by atoms with Gasteiger partial charge in [0.15, 0.2) is 5.75 Å². The molecular weight excluding hydrogens is 178 g/mol. The van der Waals surface area contributed by atoms with Crippen LogP contribution in [0.25, 0.3) is 0 Å². The molecule has 2 rings (SSSR count). The Labute approximate surface area is 83.7 Å². The van der Waals surface area contributed by atoms with Gasteiger partial charge in [-0.1, -0.05) is 0 Å². The van der Waals surface area contributed by atoms with Crippen LogP contribution in [0.2, 0.25) is 0 Å². The molecule has 0 radical (unpaired) electrons. The third-order valence-electron chi connectivity index (χ3n) is 2.20. The van der Waals surface area contributed by atoms with Gasteiger partial charge in [-0.15, -0.1) is 0 Å². The van der Waals surface area contributed by atoms with Gasteiger partial charge in [0.25, 0.3) is 0 Å². The van der Waals surface area contributed by atoms with Gasteiger partial charge in [-0.25, -0.2) is 0 Å². The van der Waals surface area contributed by atoms with Crippen LogP contribution in [0.15, 0.2) is 12.4 Å². The average molecular weight is 193 g/mol. The van der Waals surface area contributed by atoms with Gasteiger partial charge in [-0.3, -0.25) is 4.98 Å². The van der Waals surface area contributed by atoms with Crippen LogP contribution in [0.3, 0.4) is 0 Å². The first-order chi connectivity index (χ1) is 6.68. The highest BCUT2D eigenvalue weighted by molar-refractivity contribution is 5.68. The van der Waals surface area contributed by atoms with Crippen molar-refractivity contribution in [3.05, 3.63) is 12.4 Å². The van der Waals surface area contributed by atoms with Crippen molar-refractivity contribution < 1.29 is 4.74 Å². The van der Waals surface area contributed by atoms with Crippen LogP contribution < -0.4 is 15.4 Å². The molecule has 4 nitrogen and oxygen atoms in total. The molecule has 1 aliphatic carbocycles. The van der Waals surface area contributed by atoms with Crippen molar-refractivity contribution in [2.75, 3.05) is 24.7 Å². The molecule has 0 aromatic carbocycles. The van der Waals surface area contributed by atoms with Gasteiger partial charge in [-0.2, -0.15) is 0 Å². The van der Waals surface area contributed by atoms with Crippen molar-refractivity contribution in [1.82, 2.24) is 4.98 Å². The summed E-state index contributed by atoms with van der Waals surface area (Å²) < 4.78 is 5.74. The maximum absolute atomic E-state index is 5.82. The number of nitrogens with zero attached hydrogens (tertiary/aromatic N) is 2. The molecule has 0 amide bonds. The minimum Gasteiger partial charge on any atom is -0.486 e. The maximum Gasteiger partial charge on any atom is 0.169 e. The standard InChI is InChI=1S/C10H15N3O/c1-13(2)9-6-12-5-8(11)10(9)14-7-3-4-7/h5-7H,3-4,11H2,1-2H3. The van der Waals surface area contributed by atoms with Crippen LogP contribution in [-0.4, -0.2) is 25.2 Å². The first-order valence-electron chi connectivity index (χ1n) is 4.76. The molecule has 0 atom stereocenters. The SMILES string of the molecule is CN(C)c1cncc(N)c1OC1CC1. The fraction of sp³-hybridized carbons (Fsp3) is 0.500. The second-order valence-corrected chi connectivity index (χ2v) is 3.79. The Kier molecular flexibility index (Phi) is 2.19. The Morgan fingerprint density at radius 2 is 2.14 bits per heavy atom. The van der Waals surface area contributed by atoms with Gasteiger partial charge in [0.1, 0.15) is 0 Å². The molecule has 1 saturated carbocycles. The van der Waals surface area contributed by atoms with Crippen molar-refractivity contribution in [3.8, 4) is 5.75 Å². The van der Waals surface area contributed by atoms with E-state index in [1.165, 1.54) is 0 Å². The number of pyridine rings is 1. The van der Waals surface area contributed by atoms with Gasteiger partial charge in [0, 0.05) is 14.1 Å². The summed E-state index contributed by atoms with van der Waals surface area (Å²) >= 11 is 0. The van der Waals surface area contributed by atoms with Crippen LogP contribution in [0, 0.1) is 0 Å². The Bertz CT molecular complexity index is 334. The van der Waals surface area contributed by atoms with Gasteiger partial charge in [0.2, 0.25) is 0 Å². The van der Waals surface area contributed by atoms with E-state index in [9.17, 15) is 0 Å². The molecule has 1 aliphatic rings. The van der Waals surface area contributed by atoms with Crippen LogP contribution >= 0.6 is 0 Å². The minimum absolute atomic E-state index is 0.360. The molecule has 0 spiro atoms. The Hall–Kier alpha value is -1.45. The Balaban J connectivity index is 2.31. The smallest absolute Gasteiger partial charge is 0.169 e. The van der Waals surface area contributed by atoms with Gasteiger partial charge < -0.3 is 15.4 Å². The summed E-state index contributed by atoms with van der Waals surface area (Å²) in [5.41, 5.74) is 7.38. The van der Waals surface area contributed by atoms with Crippen molar-refractivity contribution in [1.29, 1.82) is 0 Å². The lowest BCUT2D eigenvalue weighted by Gasteiger charge is -2.18. The first kappa shape index (κ1) is 9.12. The molecule has 0 aliphatic heterocycles. The van der Waals surface area contributed by atoms with Crippen LogP contribution in [0.1, 0.15) is 12.8 Å². The van der Waals surface area contributed by atoms with Gasteiger partial charge >= 0.3 is 0 Å². The predicted octanol–water partition coefficient (Wildman–Crippen LogP) is 1.27. The van der Waals surface area contributed by atoms with Crippen molar-refractivity contribution >= 4 is 11.4 Å². The normalized spacial score (nSPS) is 15.3. The quantitative estimate of drug-likeness (QED) is 0.785. The fourth-order valence-corrected chi connectivity index (χ4v) is 1.25. The van der Waals surface area contributed by atoms with Gasteiger partial charge in [-0.05, 0) is 12.8 Å². The van der Waals surface area contributed by atoms with E-state index in [0.29, 0.717) is 11.8 Å². The Morgan fingerprint density at radius 1 is 1.43 bits per heavy atom. The van der Waals surface area contributed by atoms with Crippen LogP contribution in [-0.2, 0) is 0 Å². The first-order valence-corrected chi connectivity index (χ1v) is 4.76. The number of ether oxygens (including phenoxy) is 1. The summed E-state index contributed by atoms with van der Waals surface area (Å²) in [4.78, 5) is 6.01. The molecule has 1 fully saturated rings. The molecule has 1 heterocycles. The molecule has 2 N–H and O–H groups in total. The molecule has 76 valence electrons. The highest BCUT2D eigenvalue weighted by atomic mass is 16.5. The molecule has 4 heteroatoms. The Morgan fingerprint density at radius 3 is 2.71 bits per heavy atom. The highest BCUT2D eigenvalue weighted by Crippen LogP contribution is 2.36. The zero-order valence-corrected chi connectivity index (χ0v) is 8.53. The number of rotatable bonds is 3. The lowest BCUT2D eigenvalue weighted by atomic mass is 10.3. The van der Waals surface area contributed by atoms with E-state index in [2.05, 4.69) is 4.98 Å². The molecule has 14 heavy (non-hydrogen) atoms. The summed E-state index contributed by atoms with van der Waals surface area (Å²) in [5.74, 6) is 0.771. The monoisotopic (exact) mass is 193 g/mol. The number of aromatic nitrogens is 1. The van der Waals surface area contributed by atoms with E-state index >= 15 is 0 Å². The number of hydrogen-bond donors (Lipinski definition) is 1. The summed E-state index contributed by atoms with van der Waals surface area (Å²) in [6, 6.07) is 0. The second-order valence-electron chi connectivity index (χ2n) is 3.79. The maximum atomic E-state index is 5.82. The van der Waals surface area contributed by atoms with Crippen molar-refractivity contribution in [2.45, 2.75) is 18.9 Å². The average Bonchev–Trinajstić information content (AvgIpc) is 2.91. The molecule has 1 aromatic heterocycles. The minimum atomic E-state index is 0.360. The lowest BCUT2D eigenvalue weighted by Crippen LogP contribution is -2.13. The zero-order chi connectivity index (χ0) is 10.1. The van der Waals surface area contributed by atoms with E-state index in [0.717, 1.165) is 24.3 Å². The van der Waals surface area contributed by atoms with Crippen molar-refractivity contribution in [2.24, 2.45) is 0 Å². The van der Waals surface area contributed by atoms with E-state index in [1.54, 1.807) is 12.4 Å². The molecule has 0 unspecified atom stereocenters. The van der Waals surface area contributed by atoms with Crippen LogP contribution in [0.4, 0.5) is 11.4 Å². The second kappa shape index (κ2) is 3.36. The molecule has 0 saturated heterocycles. The number of hydrogen-bond acceptors (Lipinski definition) is 4. The fourth-order valence-electron chi connectivity index (χ4n) is 1.25. The topological polar surface area (TPSA) is 51.4 Å². The third-order valence-corrected chi connectivity index (χ3v) is 2.20. The lowest BCUT2D eigenvalue weighted by molar-refractivity contribution is 0.305. The van der Waals surface area contributed by atoms with Crippen molar-refractivity contribution in [3.63, 3.8) is 0 Å². The van der Waals surface area contributed by atoms with Gasteiger partial charge in [0.05, 0.1) is 29.9 Å². The summed E-state index contributed by atoms with van der Waals surface area (Å²) in [6.07, 6.45) is 6.03. The number of anilines is 2. The molecule has 1 aromatic rings. The summed E-state index contributed by atoms with van der Waals surface area (Å²) in [6.45, 7) is 0. The largest absolute Gasteiger partial charge is 0.486 e. The van der Waals surface area contributed by atoms with E-state index in [4.69, 9.17) is 10.5 Å². The number of nitrogen functional groups attached to an aromatic ring is 1. The van der Waals surface area contributed by atoms with E-state index in [1.807, 2.05) is 19.0 Å². The zero-order valence-electron chi connectivity index (χ0n) is 8.53. The van der Waals surface area contributed by atoms with Crippen LogP contribution in [0.5, 0.6) is 5.75 Å².